The molecule has 1 atom stereocenters. The molecule has 0 bridgehead atoms. The maximum Gasteiger partial charge on any atom is 0.336 e. The van der Waals surface area contributed by atoms with Crippen LogP contribution in [0.3, 0.4) is 0 Å². The van der Waals surface area contributed by atoms with E-state index in [1.165, 1.54) is 83.5 Å². The van der Waals surface area contributed by atoms with Crippen molar-refractivity contribution >= 4 is 17.8 Å². The fourth-order valence-electron chi connectivity index (χ4n) is 3.69. The molecule has 4 N–H and O–H groups in total. The molecule has 31 heavy (non-hydrogen) atoms. The normalized spacial score (nSPS) is 13.0. The van der Waals surface area contributed by atoms with E-state index < -0.39 is 36.3 Å². The molecule has 0 rings (SSSR count). The summed E-state index contributed by atoms with van der Waals surface area (Å²) in [6, 6.07) is 0. The molecule has 7 nitrogen and oxygen atoms in total. The van der Waals surface area contributed by atoms with Gasteiger partial charge in [-0.1, -0.05) is 103 Å². The first-order chi connectivity index (χ1) is 14.8. The van der Waals surface area contributed by atoms with Crippen molar-refractivity contribution in [3.8, 4) is 0 Å². The van der Waals surface area contributed by atoms with Crippen molar-refractivity contribution in [2.75, 3.05) is 6.54 Å². The second kappa shape index (κ2) is 19.1. The van der Waals surface area contributed by atoms with Gasteiger partial charge in [-0.3, -0.25) is 9.59 Å². The lowest BCUT2D eigenvalue weighted by Crippen LogP contribution is -2.45. The zero-order valence-corrected chi connectivity index (χ0v) is 19.5. The molecule has 0 aliphatic carbocycles. The van der Waals surface area contributed by atoms with Crippen LogP contribution in [0.2, 0.25) is 0 Å². The third-order valence-electron chi connectivity index (χ3n) is 5.65. The van der Waals surface area contributed by atoms with Gasteiger partial charge < -0.3 is 20.6 Å². The molecule has 0 aromatic heterocycles. The van der Waals surface area contributed by atoms with Crippen LogP contribution in [0.25, 0.3) is 0 Å². The molecule has 0 aromatic rings. The molecule has 0 fully saturated rings. The fraction of sp³-hybridized carbons (Fsp3) is 0.875. The molecule has 0 aliphatic rings. The topological polar surface area (TPSA) is 124 Å². The number of amides is 1. The van der Waals surface area contributed by atoms with Crippen molar-refractivity contribution in [2.24, 2.45) is 0 Å². The zero-order chi connectivity index (χ0) is 23.4. The minimum atomic E-state index is -2.56. The average molecular weight is 444 g/mol. The van der Waals surface area contributed by atoms with Crippen molar-refractivity contribution in [2.45, 2.75) is 128 Å². The standard InChI is InChI=1S/C24H45NO6/c1-2-3-4-5-6-7-8-9-10-11-12-13-14-15-16-17-18-25-21(26)19-24(31,23(29)30)20-22(27)28/h31H,2-20H2,1H3,(H,25,26)(H,27,28)(H,29,30). The Hall–Kier alpha value is -1.63. The SMILES string of the molecule is CCCCCCCCCCCCCCCCCCNC(=O)CC(O)(CC(=O)O)C(=O)O. The van der Waals surface area contributed by atoms with E-state index in [4.69, 9.17) is 10.2 Å². The summed E-state index contributed by atoms with van der Waals surface area (Å²) in [6.07, 6.45) is 18.5. The maximum atomic E-state index is 11.8. The van der Waals surface area contributed by atoms with E-state index >= 15 is 0 Å². The quantitative estimate of drug-likeness (QED) is 0.174. The van der Waals surface area contributed by atoms with Crippen molar-refractivity contribution in [3.63, 3.8) is 0 Å². The second-order valence-electron chi connectivity index (χ2n) is 8.74. The Morgan fingerprint density at radius 2 is 1.03 bits per heavy atom. The molecule has 0 saturated heterocycles. The molecule has 0 heterocycles. The van der Waals surface area contributed by atoms with Crippen LogP contribution in [0, 0.1) is 0 Å². The first-order valence-corrected chi connectivity index (χ1v) is 12.3. The van der Waals surface area contributed by atoms with Gasteiger partial charge >= 0.3 is 11.9 Å². The minimum Gasteiger partial charge on any atom is -0.481 e. The number of aliphatic carboxylic acids is 2. The van der Waals surface area contributed by atoms with Gasteiger partial charge in [-0.15, -0.1) is 0 Å². The minimum absolute atomic E-state index is 0.403. The Balaban J connectivity index is 3.49. The number of rotatable bonds is 22. The molecule has 0 radical (unpaired) electrons. The summed E-state index contributed by atoms with van der Waals surface area (Å²) in [6.45, 7) is 2.65. The van der Waals surface area contributed by atoms with Gasteiger partial charge in [0.25, 0.3) is 0 Å². The Kier molecular flexibility index (Phi) is 18.1. The maximum absolute atomic E-state index is 11.8. The number of carboxylic acid groups (broad SMARTS) is 2. The summed E-state index contributed by atoms with van der Waals surface area (Å²) in [5.74, 6) is -3.81. The van der Waals surface area contributed by atoms with Crippen LogP contribution < -0.4 is 5.32 Å². The highest BCUT2D eigenvalue weighted by Gasteiger charge is 2.40. The molecule has 1 unspecified atom stereocenters. The van der Waals surface area contributed by atoms with E-state index in [1.807, 2.05) is 0 Å². The average Bonchev–Trinajstić information content (AvgIpc) is 2.69. The summed E-state index contributed by atoms with van der Waals surface area (Å²) in [5, 5.41) is 30.0. The molecule has 0 aliphatic heterocycles. The van der Waals surface area contributed by atoms with Gasteiger partial charge in [-0.25, -0.2) is 4.79 Å². The van der Waals surface area contributed by atoms with E-state index in [2.05, 4.69) is 12.2 Å². The van der Waals surface area contributed by atoms with Gasteiger partial charge in [0.1, 0.15) is 0 Å². The molecular formula is C24H45NO6. The first-order valence-electron chi connectivity index (χ1n) is 12.3. The molecule has 0 spiro atoms. The first kappa shape index (κ1) is 29.4. The van der Waals surface area contributed by atoms with E-state index in [-0.39, 0.29) is 0 Å². The number of nitrogens with one attached hydrogen (secondary N) is 1. The highest BCUT2D eigenvalue weighted by atomic mass is 16.4. The van der Waals surface area contributed by atoms with Crippen LogP contribution >= 0.6 is 0 Å². The molecule has 0 aromatic carbocycles. The summed E-state index contributed by atoms with van der Waals surface area (Å²) in [4.78, 5) is 33.5. The third-order valence-corrected chi connectivity index (χ3v) is 5.65. The van der Waals surface area contributed by atoms with E-state index in [0.29, 0.717) is 6.54 Å². The molecule has 182 valence electrons. The molecule has 1 amide bonds. The smallest absolute Gasteiger partial charge is 0.336 e. The number of hydrogen-bond donors (Lipinski definition) is 4. The monoisotopic (exact) mass is 443 g/mol. The highest BCUT2D eigenvalue weighted by molar-refractivity contribution is 5.90. The third kappa shape index (κ3) is 17.7. The number of unbranched alkanes of at least 4 members (excludes halogenated alkanes) is 15. The van der Waals surface area contributed by atoms with Gasteiger partial charge in [0.05, 0.1) is 12.8 Å². The van der Waals surface area contributed by atoms with Crippen LogP contribution in [0.1, 0.15) is 122 Å². The van der Waals surface area contributed by atoms with E-state index in [1.54, 1.807) is 0 Å². The Labute approximate surface area is 188 Å². The van der Waals surface area contributed by atoms with Crippen molar-refractivity contribution in [3.05, 3.63) is 0 Å². The lowest BCUT2D eigenvalue weighted by atomic mass is 9.95. The predicted molar refractivity (Wildman–Crippen MR) is 122 cm³/mol. The van der Waals surface area contributed by atoms with Crippen molar-refractivity contribution < 1.29 is 29.7 Å². The van der Waals surface area contributed by atoms with Crippen LogP contribution in [-0.4, -0.2) is 45.3 Å². The molecule has 0 saturated carbocycles. The van der Waals surface area contributed by atoms with Crippen LogP contribution in [0.4, 0.5) is 0 Å². The summed E-state index contributed by atoms with van der Waals surface area (Å²) in [7, 11) is 0. The van der Waals surface area contributed by atoms with Gasteiger partial charge in [-0.2, -0.15) is 0 Å². The van der Waals surface area contributed by atoms with Crippen LogP contribution in [0.15, 0.2) is 0 Å². The summed E-state index contributed by atoms with van der Waals surface area (Å²) < 4.78 is 0. The molecular weight excluding hydrogens is 398 g/mol. The predicted octanol–water partition coefficient (Wildman–Crippen LogP) is 5.04. The number of hydrogen-bond acceptors (Lipinski definition) is 4. The Morgan fingerprint density at radius 3 is 1.39 bits per heavy atom. The lowest BCUT2D eigenvalue weighted by Gasteiger charge is -2.20. The lowest BCUT2D eigenvalue weighted by molar-refractivity contribution is -0.167. The number of carbonyl (C=O) groups excluding carboxylic acids is 1. The van der Waals surface area contributed by atoms with E-state index in [0.717, 1.165) is 19.3 Å². The largest absolute Gasteiger partial charge is 0.481 e. The van der Waals surface area contributed by atoms with Crippen molar-refractivity contribution in [1.82, 2.24) is 5.32 Å². The Morgan fingerprint density at radius 1 is 0.645 bits per heavy atom. The van der Waals surface area contributed by atoms with Gasteiger partial charge in [-0.05, 0) is 6.42 Å². The van der Waals surface area contributed by atoms with Gasteiger partial charge in [0, 0.05) is 6.54 Å². The highest BCUT2D eigenvalue weighted by Crippen LogP contribution is 2.16. The van der Waals surface area contributed by atoms with Gasteiger partial charge in [0.2, 0.25) is 5.91 Å². The summed E-state index contributed by atoms with van der Waals surface area (Å²) in [5.41, 5.74) is -2.56. The van der Waals surface area contributed by atoms with Gasteiger partial charge in [0.15, 0.2) is 5.60 Å². The van der Waals surface area contributed by atoms with Crippen LogP contribution in [0.5, 0.6) is 0 Å². The van der Waals surface area contributed by atoms with Crippen molar-refractivity contribution in [1.29, 1.82) is 0 Å². The zero-order valence-electron chi connectivity index (χ0n) is 19.5. The Bertz CT molecular complexity index is 496. The van der Waals surface area contributed by atoms with Crippen LogP contribution in [-0.2, 0) is 14.4 Å². The number of carboxylic acids is 2. The number of carbonyl (C=O) groups is 3. The molecule has 7 heteroatoms. The fourth-order valence-corrected chi connectivity index (χ4v) is 3.69. The number of aliphatic hydroxyl groups is 1. The second-order valence-corrected chi connectivity index (χ2v) is 8.74. The summed E-state index contributed by atoms with van der Waals surface area (Å²) >= 11 is 0. The van der Waals surface area contributed by atoms with E-state index in [9.17, 15) is 19.5 Å².